The number of piperidine rings is 2. The first kappa shape index (κ1) is 19.6. The van der Waals surface area contributed by atoms with Gasteiger partial charge in [-0.2, -0.15) is 0 Å². The van der Waals surface area contributed by atoms with Crippen molar-refractivity contribution in [2.75, 3.05) is 31.1 Å². The van der Waals surface area contributed by atoms with Gasteiger partial charge in [-0.3, -0.25) is 9.59 Å². The number of aromatic nitrogens is 1. The van der Waals surface area contributed by atoms with Crippen LogP contribution in [0, 0.1) is 11.8 Å². The molecule has 0 spiro atoms. The Morgan fingerprint density at radius 2 is 1.96 bits per heavy atom. The summed E-state index contributed by atoms with van der Waals surface area (Å²) in [5.74, 6) is 1.42. The Labute approximate surface area is 161 Å². The Kier molecular flexibility index (Phi) is 7.04. The maximum atomic E-state index is 12.3. The normalized spacial score (nSPS) is 19.0. The van der Waals surface area contributed by atoms with Crippen molar-refractivity contribution < 1.29 is 9.59 Å². The summed E-state index contributed by atoms with van der Waals surface area (Å²) in [6.07, 6.45) is 7.18. The molecule has 1 aromatic heterocycles. The molecule has 2 aliphatic rings. The minimum absolute atomic E-state index is 0.0388. The van der Waals surface area contributed by atoms with Gasteiger partial charge in [0.05, 0.1) is 0 Å². The summed E-state index contributed by atoms with van der Waals surface area (Å²) in [7, 11) is 0. The molecule has 2 saturated heterocycles. The lowest BCUT2D eigenvalue weighted by Crippen LogP contribution is -2.39. The number of nitrogens with zero attached hydrogens (tertiary/aromatic N) is 2. The van der Waals surface area contributed by atoms with E-state index in [2.05, 4.69) is 20.5 Å². The smallest absolute Gasteiger partial charge is 0.220 e. The van der Waals surface area contributed by atoms with Gasteiger partial charge in [0.2, 0.25) is 11.8 Å². The van der Waals surface area contributed by atoms with Crippen molar-refractivity contribution in [1.82, 2.24) is 15.6 Å². The van der Waals surface area contributed by atoms with Crippen molar-refractivity contribution in [2.45, 2.75) is 45.1 Å². The van der Waals surface area contributed by atoms with E-state index in [4.69, 9.17) is 5.73 Å². The van der Waals surface area contributed by atoms with Crippen LogP contribution in [0.15, 0.2) is 18.3 Å². The predicted molar refractivity (Wildman–Crippen MR) is 105 cm³/mol. The zero-order valence-corrected chi connectivity index (χ0v) is 16.0. The summed E-state index contributed by atoms with van der Waals surface area (Å²) in [5, 5.41) is 6.41. The first-order valence-corrected chi connectivity index (χ1v) is 10.1. The van der Waals surface area contributed by atoms with Crippen molar-refractivity contribution >= 4 is 17.6 Å². The lowest BCUT2D eigenvalue weighted by molar-refractivity contribution is -0.122. The van der Waals surface area contributed by atoms with Crippen molar-refractivity contribution in [2.24, 2.45) is 17.6 Å². The molecule has 2 fully saturated rings. The van der Waals surface area contributed by atoms with Crippen LogP contribution in [0.1, 0.15) is 44.1 Å². The van der Waals surface area contributed by atoms with Gasteiger partial charge >= 0.3 is 0 Å². The van der Waals surface area contributed by atoms with E-state index in [9.17, 15) is 9.59 Å². The number of nitrogens with one attached hydrogen (secondary N) is 2. The number of hydrogen-bond donors (Lipinski definition) is 3. The fourth-order valence-corrected chi connectivity index (χ4v) is 4.02. The van der Waals surface area contributed by atoms with E-state index < -0.39 is 0 Å². The molecule has 3 rings (SSSR count). The predicted octanol–water partition coefficient (Wildman–Crippen LogP) is 1.18. The molecule has 0 aliphatic carbocycles. The van der Waals surface area contributed by atoms with Crippen LogP contribution in [0.5, 0.6) is 0 Å². The molecule has 0 radical (unpaired) electrons. The van der Waals surface area contributed by atoms with Gasteiger partial charge in [0.15, 0.2) is 0 Å². The summed E-state index contributed by atoms with van der Waals surface area (Å²) in [6, 6.07) is 3.91. The average Bonchev–Trinajstić information content (AvgIpc) is 2.72. The van der Waals surface area contributed by atoms with E-state index in [1.54, 1.807) is 6.20 Å². The molecule has 0 aromatic carbocycles. The summed E-state index contributed by atoms with van der Waals surface area (Å²) >= 11 is 0. The van der Waals surface area contributed by atoms with Gasteiger partial charge in [0.25, 0.3) is 0 Å². The molecule has 7 nitrogen and oxygen atoms in total. The number of hydrogen-bond acceptors (Lipinski definition) is 5. The molecule has 0 atom stereocenters. The minimum atomic E-state index is -0.211. The van der Waals surface area contributed by atoms with Crippen molar-refractivity contribution in [3.05, 3.63) is 23.9 Å². The highest BCUT2D eigenvalue weighted by molar-refractivity contribution is 5.77. The number of amides is 2. The van der Waals surface area contributed by atoms with Gasteiger partial charge in [0.1, 0.15) is 5.82 Å². The number of anilines is 1. The molecule has 27 heavy (non-hydrogen) atoms. The molecule has 2 amide bonds. The molecule has 0 bridgehead atoms. The molecule has 2 aliphatic heterocycles. The Hall–Kier alpha value is -2.15. The van der Waals surface area contributed by atoms with E-state index in [0.29, 0.717) is 18.9 Å². The SMILES string of the molecule is NC(=O)C1CCN(c2ncccc2CNC(=O)CCC2CCNCC2)CC1. The molecule has 148 valence electrons. The van der Waals surface area contributed by atoms with Gasteiger partial charge in [-0.05, 0) is 57.2 Å². The first-order chi connectivity index (χ1) is 13.1. The van der Waals surface area contributed by atoms with Crippen LogP contribution in [-0.4, -0.2) is 43.0 Å². The first-order valence-electron chi connectivity index (χ1n) is 10.1. The van der Waals surface area contributed by atoms with Gasteiger partial charge in [0, 0.05) is 43.7 Å². The number of nitrogens with two attached hydrogens (primary N) is 1. The zero-order chi connectivity index (χ0) is 19.1. The fourth-order valence-electron chi connectivity index (χ4n) is 4.02. The molecule has 0 unspecified atom stereocenters. The Balaban J connectivity index is 1.49. The van der Waals surface area contributed by atoms with Crippen LogP contribution in [0.3, 0.4) is 0 Å². The maximum Gasteiger partial charge on any atom is 0.220 e. The van der Waals surface area contributed by atoms with Crippen molar-refractivity contribution in [3.8, 4) is 0 Å². The molecule has 3 heterocycles. The van der Waals surface area contributed by atoms with Crippen LogP contribution in [0.4, 0.5) is 5.82 Å². The Bertz CT molecular complexity index is 637. The maximum absolute atomic E-state index is 12.3. The van der Waals surface area contributed by atoms with Crippen LogP contribution in [0.25, 0.3) is 0 Å². The average molecular weight is 374 g/mol. The highest BCUT2D eigenvalue weighted by atomic mass is 16.2. The van der Waals surface area contributed by atoms with Crippen molar-refractivity contribution in [3.63, 3.8) is 0 Å². The monoisotopic (exact) mass is 373 g/mol. The third kappa shape index (κ3) is 5.66. The third-order valence-corrected chi connectivity index (χ3v) is 5.78. The van der Waals surface area contributed by atoms with Gasteiger partial charge in [-0.25, -0.2) is 4.98 Å². The van der Waals surface area contributed by atoms with Crippen LogP contribution >= 0.6 is 0 Å². The number of carbonyl (C=O) groups is 2. The van der Waals surface area contributed by atoms with E-state index in [-0.39, 0.29) is 17.7 Å². The Morgan fingerprint density at radius 1 is 1.22 bits per heavy atom. The van der Waals surface area contributed by atoms with Gasteiger partial charge < -0.3 is 21.3 Å². The zero-order valence-electron chi connectivity index (χ0n) is 16.0. The molecule has 4 N–H and O–H groups in total. The molecule has 7 heteroatoms. The minimum Gasteiger partial charge on any atom is -0.369 e. The van der Waals surface area contributed by atoms with Gasteiger partial charge in [-0.15, -0.1) is 0 Å². The van der Waals surface area contributed by atoms with E-state index in [1.807, 2.05) is 12.1 Å². The van der Waals surface area contributed by atoms with Crippen molar-refractivity contribution in [1.29, 1.82) is 0 Å². The number of primary amides is 1. The lowest BCUT2D eigenvalue weighted by atomic mass is 9.93. The highest BCUT2D eigenvalue weighted by Gasteiger charge is 2.25. The highest BCUT2D eigenvalue weighted by Crippen LogP contribution is 2.24. The third-order valence-electron chi connectivity index (χ3n) is 5.78. The topological polar surface area (TPSA) is 100 Å². The molecular weight excluding hydrogens is 342 g/mol. The molecule has 1 aromatic rings. The number of rotatable bonds is 7. The van der Waals surface area contributed by atoms with Crippen LogP contribution < -0.4 is 21.3 Å². The second-order valence-electron chi connectivity index (χ2n) is 7.66. The van der Waals surface area contributed by atoms with E-state index in [0.717, 1.165) is 56.8 Å². The molecular formula is C20H31N5O2. The standard InChI is InChI=1S/C20H31N5O2/c21-19(27)16-7-12-25(13-8-16)20-17(2-1-9-23-20)14-24-18(26)4-3-15-5-10-22-11-6-15/h1-2,9,15-16,22H,3-8,10-14H2,(H2,21,27)(H,24,26). The summed E-state index contributed by atoms with van der Waals surface area (Å²) < 4.78 is 0. The number of carbonyl (C=O) groups excluding carboxylic acids is 2. The lowest BCUT2D eigenvalue weighted by Gasteiger charge is -2.32. The molecule has 0 saturated carbocycles. The Morgan fingerprint density at radius 3 is 2.67 bits per heavy atom. The van der Waals surface area contributed by atoms with Crippen LogP contribution in [-0.2, 0) is 16.1 Å². The van der Waals surface area contributed by atoms with Gasteiger partial charge in [-0.1, -0.05) is 6.07 Å². The summed E-state index contributed by atoms with van der Waals surface area (Å²) in [4.78, 5) is 30.3. The second kappa shape index (κ2) is 9.69. The van der Waals surface area contributed by atoms with E-state index >= 15 is 0 Å². The van der Waals surface area contributed by atoms with Crippen LogP contribution in [0.2, 0.25) is 0 Å². The fraction of sp³-hybridized carbons (Fsp3) is 0.650. The number of pyridine rings is 1. The quantitative estimate of drug-likeness (QED) is 0.666. The van der Waals surface area contributed by atoms with E-state index in [1.165, 1.54) is 12.8 Å². The largest absolute Gasteiger partial charge is 0.369 e. The summed E-state index contributed by atoms with van der Waals surface area (Å²) in [6.45, 7) is 4.15. The summed E-state index contributed by atoms with van der Waals surface area (Å²) in [5.41, 5.74) is 6.44. The second-order valence-corrected chi connectivity index (χ2v) is 7.66.